The summed E-state index contributed by atoms with van der Waals surface area (Å²) in [6, 6.07) is 0. The molecule has 0 aromatic carbocycles. The second-order valence-corrected chi connectivity index (χ2v) is 8.82. The highest BCUT2D eigenvalue weighted by molar-refractivity contribution is 8.00. The maximum Gasteiger partial charge on any atom is 0.326 e. The number of esters is 1. The maximum absolute atomic E-state index is 12.0. The van der Waals surface area contributed by atoms with E-state index in [0.717, 1.165) is 31.4 Å². The van der Waals surface area contributed by atoms with E-state index in [1.165, 1.54) is 13.4 Å². The lowest BCUT2D eigenvalue weighted by Crippen LogP contribution is -2.53. The molecule has 0 amide bonds. The zero-order chi connectivity index (χ0) is 15.2. The Labute approximate surface area is 126 Å². The minimum absolute atomic E-state index is 0.177. The third-order valence-electron chi connectivity index (χ3n) is 4.03. The molecule has 7 heteroatoms. The summed E-state index contributed by atoms with van der Waals surface area (Å²) in [6.45, 7) is 0. The van der Waals surface area contributed by atoms with Crippen molar-refractivity contribution in [1.82, 2.24) is 5.32 Å². The number of thioether (sulfide) groups is 1. The average molecular weight is 323 g/mol. The van der Waals surface area contributed by atoms with E-state index in [0.29, 0.717) is 5.75 Å². The first-order valence-corrected chi connectivity index (χ1v) is 10.1. The Bertz CT molecular complexity index is 424. The van der Waals surface area contributed by atoms with Gasteiger partial charge in [-0.15, -0.1) is 0 Å². The van der Waals surface area contributed by atoms with E-state index in [4.69, 9.17) is 4.74 Å². The molecule has 0 aromatic heterocycles. The van der Waals surface area contributed by atoms with Crippen LogP contribution in [0.25, 0.3) is 0 Å². The van der Waals surface area contributed by atoms with Gasteiger partial charge in [-0.1, -0.05) is 6.42 Å². The van der Waals surface area contributed by atoms with Crippen molar-refractivity contribution >= 4 is 27.6 Å². The molecule has 0 heterocycles. The summed E-state index contributed by atoms with van der Waals surface area (Å²) in [7, 11) is 0.364. The number of rotatable bonds is 8. The van der Waals surface area contributed by atoms with Crippen LogP contribution >= 0.6 is 11.8 Å². The van der Waals surface area contributed by atoms with Gasteiger partial charge in [0.15, 0.2) is 0 Å². The van der Waals surface area contributed by atoms with Gasteiger partial charge >= 0.3 is 5.97 Å². The number of nitrogens with one attached hydrogen (secondary N) is 1. The molecule has 1 saturated carbocycles. The first-order valence-electron chi connectivity index (χ1n) is 6.88. The summed E-state index contributed by atoms with van der Waals surface area (Å²) in [5, 5.41) is 3.16. The van der Waals surface area contributed by atoms with Crippen LogP contribution in [0.5, 0.6) is 0 Å². The van der Waals surface area contributed by atoms with Crippen molar-refractivity contribution < 1.29 is 17.9 Å². The van der Waals surface area contributed by atoms with Crippen LogP contribution in [0, 0.1) is 5.92 Å². The van der Waals surface area contributed by atoms with Gasteiger partial charge in [0.2, 0.25) is 0 Å². The fraction of sp³-hybridized carbons (Fsp3) is 0.923. The molecule has 0 bridgehead atoms. The summed E-state index contributed by atoms with van der Waals surface area (Å²) in [5.74, 6) is 1.81. The van der Waals surface area contributed by atoms with Gasteiger partial charge in [-0.05, 0) is 38.0 Å². The number of ether oxygens (including phenoxy) is 1. The number of sulfone groups is 1. The smallest absolute Gasteiger partial charge is 0.326 e. The van der Waals surface area contributed by atoms with Crippen LogP contribution in [0.4, 0.5) is 0 Å². The lowest BCUT2D eigenvalue weighted by molar-refractivity contribution is -0.150. The topological polar surface area (TPSA) is 72.5 Å². The van der Waals surface area contributed by atoms with E-state index in [-0.39, 0.29) is 17.6 Å². The van der Waals surface area contributed by atoms with Crippen LogP contribution in [0.15, 0.2) is 0 Å². The maximum atomic E-state index is 12.0. The fourth-order valence-corrected chi connectivity index (χ4v) is 5.23. The number of methoxy groups -OCH3 is 1. The van der Waals surface area contributed by atoms with E-state index in [1.807, 2.05) is 7.05 Å². The van der Waals surface area contributed by atoms with Crippen LogP contribution in [-0.4, -0.2) is 57.6 Å². The van der Waals surface area contributed by atoms with Gasteiger partial charge in [-0.3, -0.25) is 4.79 Å². The molecular weight excluding hydrogens is 298 g/mol. The number of hydrogen-bond acceptors (Lipinski definition) is 6. The summed E-state index contributed by atoms with van der Waals surface area (Å²) in [6.07, 6.45) is 5.02. The average Bonchev–Trinajstić information content (AvgIpc) is 2.80. The SMILES string of the molecule is CNC1(C(=O)OC)CCCC1CCSCCS(C)(=O)=O. The van der Waals surface area contributed by atoms with Crippen molar-refractivity contribution in [3.63, 3.8) is 0 Å². The Kier molecular flexibility index (Phi) is 6.81. The Morgan fingerprint density at radius 3 is 2.70 bits per heavy atom. The minimum Gasteiger partial charge on any atom is -0.468 e. The lowest BCUT2D eigenvalue weighted by atomic mass is 9.85. The van der Waals surface area contributed by atoms with Crippen molar-refractivity contribution in [1.29, 1.82) is 0 Å². The molecule has 1 fully saturated rings. The Hall–Kier alpha value is -0.270. The minimum atomic E-state index is -2.88. The molecule has 1 rings (SSSR count). The van der Waals surface area contributed by atoms with Crippen molar-refractivity contribution in [2.24, 2.45) is 5.92 Å². The summed E-state index contributed by atoms with van der Waals surface area (Å²) in [5.41, 5.74) is -0.549. The van der Waals surface area contributed by atoms with Gasteiger partial charge in [0.05, 0.1) is 12.9 Å². The second-order valence-electron chi connectivity index (χ2n) is 5.33. The van der Waals surface area contributed by atoms with Crippen LogP contribution in [0.2, 0.25) is 0 Å². The molecule has 118 valence electrons. The molecular formula is C13H25NO4S2. The van der Waals surface area contributed by atoms with E-state index in [2.05, 4.69) is 5.32 Å². The number of carbonyl (C=O) groups excluding carboxylic acids is 1. The van der Waals surface area contributed by atoms with Gasteiger partial charge in [0.25, 0.3) is 0 Å². The Morgan fingerprint density at radius 2 is 2.15 bits per heavy atom. The van der Waals surface area contributed by atoms with Gasteiger partial charge in [0, 0.05) is 12.0 Å². The third kappa shape index (κ3) is 4.63. The number of carbonyl (C=O) groups is 1. The van der Waals surface area contributed by atoms with Gasteiger partial charge in [-0.25, -0.2) is 8.42 Å². The van der Waals surface area contributed by atoms with Crippen LogP contribution in [-0.2, 0) is 19.4 Å². The normalized spacial score (nSPS) is 26.6. The standard InChI is InChI=1S/C13H25NO4S2/c1-14-13(12(15)18-2)7-4-5-11(13)6-8-19-9-10-20(3,16)17/h11,14H,4-10H2,1-3H3. The van der Waals surface area contributed by atoms with Crippen molar-refractivity contribution in [3.8, 4) is 0 Å². The predicted octanol–water partition coefficient (Wildman–Crippen LogP) is 1.09. The molecule has 5 nitrogen and oxygen atoms in total. The molecule has 0 spiro atoms. The summed E-state index contributed by atoms with van der Waals surface area (Å²) >= 11 is 1.64. The molecule has 1 aliphatic carbocycles. The highest BCUT2D eigenvalue weighted by atomic mass is 32.2. The summed E-state index contributed by atoms with van der Waals surface area (Å²) < 4.78 is 27.0. The Morgan fingerprint density at radius 1 is 1.45 bits per heavy atom. The van der Waals surface area contributed by atoms with Crippen molar-refractivity contribution in [3.05, 3.63) is 0 Å². The molecule has 20 heavy (non-hydrogen) atoms. The Balaban J connectivity index is 2.44. The second kappa shape index (κ2) is 7.66. The highest BCUT2D eigenvalue weighted by Crippen LogP contribution is 2.39. The molecule has 0 aromatic rings. The molecule has 1 N–H and O–H groups in total. The van der Waals surface area contributed by atoms with Crippen molar-refractivity contribution in [2.75, 3.05) is 37.7 Å². The number of hydrogen-bond donors (Lipinski definition) is 1. The van der Waals surface area contributed by atoms with E-state index in [9.17, 15) is 13.2 Å². The fourth-order valence-electron chi connectivity index (χ4n) is 2.89. The van der Waals surface area contributed by atoms with Gasteiger partial charge in [0.1, 0.15) is 15.4 Å². The molecule has 1 aliphatic rings. The molecule has 2 unspecified atom stereocenters. The zero-order valence-corrected chi connectivity index (χ0v) is 14.1. The quantitative estimate of drug-likeness (QED) is 0.532. The highest BCUT2D eigenvalue weighted by Gasteiger charge is 2.48. The third-order valence-corrected chi connectivity index (χ3v) is 6.25. The molecule has 0 saturated heterocycles. The van der Waals surface area contributed by atoms with Crippen molar-refractivity contribution in [2.45, 2.75) is 31.2 Å². The summed E-state index contributed by atoms with van der Waals surface area (Å²) in [4.78, 5) is 12.0. The lowest BCUT2D eigenvalue weighted by Gasteiger charge is -2.32. The van der Waals surface area contributed by atoms with E-state index < -0.39 is 15.4 Å². The molecule has 0 radical (unpaired) electrons. The van der Waals surface area contributed by atoms with Gasteiger partial charge in [-0.2, -0.15) is 11.8 Å². The first-order chi connectivity index (χ1) is 9.35. The van der Waals surface area contributed by atoms with Crippen LogP contribution in [0.3, 0.4) is 0 Å². The van der Waals surface area contributed by atoms with E-state index >= 15 is 0 Å². The monoisotopic (exact) mass is 323 g/mol. The molecule has 0 aliphatic heterocycles. The first kappa shape index (κ1) is 17.8. The van der Waals surface area contributed by atoms with E-state index in [1.54, 1.807) is 11.8 Å². The zero-order valence-electron chi connectivity index (χ0n) is 12.5. The molecule has 2 atom stereocenters. The van der Waals surface area contributed by atoms with Crippen LogP contribution in [0.1, 0.15) is 25.7 Å². The predicted molar refractivity (Wildman–Crippen MR) is 82.8 cm³/mol. The van der Waals surface area contributed by atoms with Gasteiger partial charge < -0.3 is 10.1 Å². The number of likely N-dealkylation sites (N-methyl/N-ethyl adjacent to an activating group) is 1. The largest absolute Gasteiger partial charge is 0.468 e. The van der Waals surface area contributed by atoms with Crippen LogP contribution < -0.4 is 5.32 Å².